The van der Waals surface area contributed by atoms with Crippen LogP contribution in [0.2, 0.25) is 0 Å². The van der Waals surface area contributed by atoms with E-state index in [1.165, 1.54) is 11.1 Å². The first-order chi connectivity index (χ1) is 12.6. The lowest BCUT2D eigenvalue weighted by molar-refractivity contribution is 0.134. The van der Waals surface area contributed by atoms with Gasteiger partial charge in [-0.2, -0.15) is 5.10 Å². The molecule has 0 saturated heterocycles. The van der Waals surface area contributed by atoms with Gasteiger partial charge in [-0.1, -0.05) is 28.1 Å². The molecule has 0 radical (unpaired) electrons. The van der Waals surface area contributed by atoms with Gasteiger partial charge in [-0.25, -0.2) is 4.98 Å². The van der Waals surface area contributed by atoms with E-state index >= 15 is 0 Å². The summed E-state index contributed by atoms with van der Waals surface area (Å²) in [5.74, 6) is 0.738. The van der Waals surface area contributed by atoms with Gasteiger partial charge in [-0.15, -0.1) is 0 Å². The summed E-state index contributed by atoms with van der Waals surface area (Å²) in [4.78, 5) is 8.14. The second-order valence-corrected chi connectivity index (χ2v) is 7.73. The van der Waals surface area contributed by atoms with Crippen LogP contribution in [0.5, 0.6) is 0 Å². The Bertz CT molecular complexity index is 985. The van der Waals surface area contributed by atoms with Gasteiger partial charge in [-0.05, 0) is 35.4 Å². The van der Waals surface area contributed by atoms with E-state index in [1.807, 2.05) is 31.3 Å². The number of H-pyrrole nitrogens is 1. The Hall–Kier alpha value is -2.22. The smallest absolute Gasteiger partial charge is 0.136 e. The molecule has 2 aliphatic rings. The zero-order valence-electron chi connectivity index (χ0n) is 14.2. The van der Waals surface area contributed by atoms with Crippen LogP contribution in [-0.2, 0) is 13.1 Å². The fourth-order valence-electron chi connectivity index (χ4n) is 3.79. The number of aromatic nitrogens is 2. The summed E-state index contributed by atoms with van der Waals surface area (Å²) in [6.07, 6.45) is -0.741. The van der Waals surface area contributed by atoms with Crippen LogP contribution in [0.1, 0.15) is 28.6 Å². The third-order valence-corrected chi connectivity index (χ3v) is 5.65. The summed E-state index contributed by atoms with van der Waals surface area (Å²) in [7, 11) is 1.87. The molecular formula is C19H18BrN5O. The zero-order chi connectivity index (χ0) is 17.8. The van der Waals surface area contributed by atoms with Crippen molar-refractivity contribution in [2.45, 2.75) is 25.2 Å². The molecule has 0 bridgehead atoms. The van der Waals surface area contributed by atoms with Crippen LogP contribution in [0.25, 0.3) is 11.0 Å². The first kappa shape index (κ1) is 16.0. The van der Waals surface area contributed by atoms with E-state index in [4.69, 9.17) is 4.98 Å². The number of hydrogen-bond acceptors (Lipinski definition) is 5. The lowest BCUT2D eigenvalue weighted by Gasteiger charge is -2.19. The van der Waals surface area contributed by atoms with Gasteiger partial charge < -0.3 is 15.4 Å². The van der Waals surface area contributed by atoms with E-state index in [9.17, 15) is 5.11 Å². The maximum atomic E-state index is 10.9. The van der Waals surface area contributed by atoms with Crippen LogP contribution < -0.4 is 5.32 Å². The number of nitrogens with zero attached hydrogens (tertiary/aromatic N) is 3. The summed E-state index contributed by atoms with van der Waals surface area (Å²) in [5.41, 5.74) is 6.11. The maximum Gasteiger partial charge on any atom is 0.136 e. The summed E-state index contributed by atoms with van der Waals surface area (Å²) >= 11 is 3.44. The molecule has 3 aromatic rings. The maximum absolute atomic E-state index is 10.9. The van der Waals surface area contributed by atoms with Gasteiger partial charge in [0.15, 0.2) is 0 Å². The number of nitrogens with one attached hydrogen (secondary N) is 2. The van der Waals surface area contributed by atoms with Crippen LogP contribution >= 0.6 is 15.9 Å². The van der Waals surface area contributed by atoms with Crippen molar-refractivity contribution in [3.05, 3.63) is 63.4 Å². The predicted octanol–water partition coefficient (Wildman–Crippen LogP) is 2.68. The minimum Gasteiger partial charge on any atom is -0.384 e. The molecule has 0 aliphatic carbocycles. The summed E-state index contributed by atoms with van der Waals surface area (Å²) in [6, 6.07) is 11.8. The van der Waals surface area contributed by atoms with Crippen molar-refractivity contribution in [3.8, 4) is 0 Å². The zero-order valence-corrected chi connectivity index (χ0v) is 15.8. The highest BCUT2D eigenvalue weighted by Crippen LogP contribution is 2.32. The minimum absolute atomic E-state index is 0.325. The molecule has 0 amide bonds. The van der Waals surface area contributed by atoms with Crippen LogP contribution in [0.15, 0.2) is 46.0 Å². The van der Waals surface area contributed by atoms with Crippen LogP contribution in [0.4, 0.5) is 0 Å². The lowest BCUT2D eigenvalue weighted by atomic mass is 10.0. The monoisotopic (exact) mass is 411 g/mol. The molecule has 26 heavy (non-hydrogen) atoms. The molecule has 0 fully saturated rings. The van der Waals surface area contributed by atoms with E-state index in [-0.39, 0.29) is 6.04 Å². The van der Waals surface area contributed by atoms with Crippen LogP contribution in [-0.4, -0.2) is 38.9 Å². The Morgan fingerprint density at radius 3 is 2.65 bits per heavy atom. The van der Waals surface area contributed by atoms with Crippen molar-refractivity contribution >= 4 is 32.7 Å². The normalized spacial score (nSPS) is 22.1. The number of halogens is 1. The third kappa shape index (κ3) is 2.46. The predicted molar refractivity (Wildman–Crippen MR) is 104 cm³/mol. The fourth-order valence-corrected chi connectivity index (χ4v) is 4.05. The summed E-state index contributed by atoms with van der Waals surface area (Å²) < 4.78 is 0.999. The highest BCUT2D eigenvalue weighted by atomic mass is 79.9. The van der Waals surface area contributed by atoms with E-state index in [2.05, 4.69) is 43.5 Å². The molecule has 3 N–H and O–H groups in total. The summed E-state index contributed by atoms with van der Waals surface area (Å²) in [6.45, 7) is 1.78. The first-order valence-corrected chi connectivity index (χ1v) is 9.37. The van der Waals surface area contributed by atoms with Crippen molar-refractivity contribution in [1.82, 2.24) is 20.3 Å². The number of rotatable bonds is 2. The molecular weight excluding hydrogens is 394 g/mol. The van der Waals surface area contributed by atoms with Crippen molar-refractivity contribution in [2.75, 3.05) is 7.05 Å². The molecule has 0 spiro atoms. The largest absolute Gasteiger partial charge is 0.384 e. The Labute approximate surface area is 159 Å². The van der Waals surface area contributed by atoms with Gasteiger partial charge in [-0.3, -0.25) is 5.01 Å². The van der Waals surface area contributed by atoms with Gasteiger partial charge in [0, 0.05) is 30.2 Å². The quantitative estimate of drug-likeness (QED) is 0.605. The molecule has 2 aromatic carbocycles. The number of hydrogen-bond donors (Lipinski definition) is 3. The summed E-state index contributed by atoms with van der Waals surface area (Å²) in [5, 5.41) is 20.6. The average Bonchev–Trinajstić information content (AvgIpc) is 3.30. The molecule has 3 heterocycles. The number of fused-ring (bicyclic) bond motifs is 2. The average molecular weight is 412 g/mol. The van der Waals surface area contributed by atoms with Crippen LogP contribution in [0, 0.1) is 0 Å². The van der Waals surface area contributed by atoms with Gasteiger partial charge in [0.2, 0.25) is 0 Å². The molecule has 2 atom stereocenters. The van der Waals surface area contributed by atoms with Crippen molar-refractivity contribution in [2.24, 2.45) is 5.10 Å². The Morgan fingerprint density at radius 1 is 1.15 bits per heavy atom. The topological polar surface area (TPSA) is 76.5 Å². The fraction of sp³-hybridized carbons (Fsp3) is 0.263. The lowest BCUT2D eigenvalue weighted by Crippen LogP contribution is -2.29. The number of aliphatic hydroxyl groups is 1. The van der Waals surface area contributed by atoms with Gasteiger partial charge in [0.05, 0.1) is 16.7 Å². The van der Waals surface area contributed by atoms with Gasteiger partial charge >= 0.3 is 0 Å². The number of benzene rings is 2. The Balaban J connectivity index is 1.50. The van der Waals surface area contributed by atoms with Gasteiger partial charge in [0.25, 0.3) is 0 Å². The number of hydrazone groups is 1. The third-order valence-electron chi connectivity index (χ3n) is 5.12. The van der Waals surface area contributed by atoms with Crippen LogP contribution in [0.3, 0.4) is 0 Å². The van der Waals surface area contributed by atoms with E-state index in [0.717, 1.165) is 40.0 Å². The second kappa shape index (κ2) is 5.90. The first-order valence-electron chi connectivity index (χ1n) is 8.57. The molecule has 5 rings (SSSR count). The molecule has 0 saturated carbocycles. The number of aliphatic hydroxyl groups excluding tert-OH is 1. The molecule has 2 unspecified atom stereocenters. The highest BCUT2D eigenvalue weighted by molar-refractivity contribution is 9.10. The van der Waals surface area contributed by atoms with E-state index in [1.54, 1.807) is 5.01 Å². The Kier molecular flexibility index (Phi) is 3.63. The number of aromatic amines is 1. The number of likely N-dealkylation sites (N-methyl/N-ethyl adjacent to an activating group) is 1. The SMILES string of the molecule is CN1N=C(c2ccc(Br)cc2)C(O)C1c1nc2cc3c(cc2[nH]1)CNC3. The van der Waals surface area contributed by atoms with Gasteiger partial charge in [0.1, 0.15) is 18.0 Å². The van der Waals surface area contributed by atoms with Crippen molar-refractivity contribution in [1.29, 1.82) is 0 Å². The van der Waals surface area contributed by atoms with Crippen molar-refractivity contribution < 1.29 is 5.11 Å². The standard InChI is InChI=1S/C19H18BrN5O/c1-25-17(18(26)16(24-25)10-2-4-13(20)5-3-10)19-22-14-6-11-8-21-9-12(11)7-15(14)23-19/h2-7,17-18,21,26H,8-9H2,1H3,(H,22,23). The molecule has 2 aliphatic heterocycles. The molecule has 6 nitrogen and oxygen atoms in total. The van der Waals surface area contributed by atoms with E-state index in [0.29, 0.717) is 5.71 Å². The molecule has 132 valence electrons. The van der Waals surface area contributed by atoms with E-state index < -0.39 is 6.10 Å². The minimum atomic E-state index is -0.741. The highest BCUT2D eigenvalue weighted by Gasteiger charge is 2.38. The number of imidazole rings is 1. The molecule has 1 aromatic heterocycles. The second-order valence-electron chi connectivity index (χ2n) is 6.82. The molecule has 7 heteroatoms. The Morgan fingerprint density at radius 2 is 1.88 bits per heavy atom. The van der Waals surface area contributed by atoms with Crippen molar-refractivity contribution in [3.63, 3.8) is 0 Å².